The Labute approximate surface area is 153 Å². The Kier molecular flexibility index (Phi) is 8.61. The third-order valence-corrected chi connectivity index (χ3v) is 4.40. The summed E-state index contributed by atoms with van der Waals surface area (Å²) >= 11 is 0. The Hall–Kier alpha value is -2.28. The first-order valence-electron chi connectivity index (χ1n) is 9.44. The summed E-state index contributed by atoms with van der Waals surface area (Å²) in [5, 5.41) is 0. The fourth-order valence-electron chi connectivity index (χ4n) is 2.68. The van der Waals surface area contributed by atoms with Crippen molar-refractivity contribution >= 4 is 12.2 Å². The molecule has 0 bridgehead atoms. The molecule has 132 valence electrons. The lowest BCUT2D eigenvalue weighted by Gasteiger charge is -2.15. The minimum Gasteiger partial charge on any atom is -0.493 e. The lowest BCUT2D eigenvalue weighted by atomic mass is 10.0. The van der Waals surface area contributed by atoms with Gasteiger partial charge in [-0.2, -0.15) is 0 Å². The van der Waals surface area contributed by atoms with E-state index in [1.807, 2.05) is 18.2 Å². The number of ether oxygens (including phenoxy) is 1. The van der Waals surface area contributed by atoms with Gasteiger partial charge in [0, 0.05) is 0 Å². The highest BCUT2D eigenvalue weighted by atomic mass is 16.5. The van der Waals surface area contributed by atoms with Crippen LogP contribution in [0.1, 0.15) is 50.7 Å². The molecule has 0 amide bonds. The second-order valence-electron chi connectivity index (χ2n) is 6.43. The van der Waals surface area contributed by atoms with Crippen molar-refractivity contribution < 1.29 is 4.74 Å². The van der Waals surface area contributed by atoms with Gasteiger partial charge in [0.15, 0.2) is 0 Å². The number of unbranched alkanes of at least 4 members (excludes halogenated alkanes) is 1. The van der Waals surface area contributed by atoms with Gasteiger partial charge in [-0.25, -0.2) is 0 Å². The van der Waals surface area contributed by atoms with Crippen LogP contribution in [-0.2, 0) is 0 Å². The third kappa shape index (κ3) is 7.43. The van der Waals surface area contributed by atoms with Gasteiger partial charge in [-0.15, -0.1) is 0 Å². The SMILES string of the molecule is CCCCC(CC)COc1ccc(/C=C/C=C/c2ccccc2)cc1. The molecular formula is C24H30O. The molecule has 0 aromatic heterocycles. The van der Waals surface area contributed by atoms with Gasteiger partial charge in [0.2, 0.25) is 0 Å². The second-order valence-corrected chi connectivity index (χ2v) is 6.43. The average molecular weight is 335 g/mol. The molecule has 0 saturated heterocycles. The van der Waals surface area contributed by atoms with E-state index in [0.29, 0.717) is 5.92 Å². The molecule has 25 heavy (non-hydrogen) atoms. The fourth-order valence-corrected chi connectivity index (χ4v) is 2.68. The van der Waals surface area contributed by atoms with E-state index in [4.69, 9.17) is 4.74 Å². The lowest BCUT2D eigenvalue weighted by Crippen LogP contribution is -2.11. The van der Waals surface area contributed by atoms with Gasteiger partial charge in [0.1, 0.15) is 5.75 Å². The molecule has 2 aromatic carbocycles. The van der Waals surface area contributed by atoms with Crippen LogP contribution in [0.4, 0.5) is 0 Å². The summed E-state index contributed by atoms with van der Waals surface area (Å²) in [6.45, 7) is 5.32. The Balaban J connectivity index is 1.81. The zero-order valence-electron chi connectivity index (χ0n) is 15.5. The number of benzene rings is 2. The van der Waals surface area contributed by atoms with Crippen molar-refractivity contribution in [1.82, 2.24) is 0 Å². The summed E-state index contributed by atoms with van der Waals surface area (Å²) in [5.41, 5.74) is 2.40. The summed E-state index contributed by atoms with van der Waals surface area (Å²) in [6.07, 6.45) is 13.4. The Bertz CT molecular complexity index is 638. The van der Waals surface area contributed by atoms with Crippen LogP contribution in [-0.4, -0.2) is 6.61 Å². The van der Waals surface area contributed by atoms with Crippen molar-refractivity contribution in [2.24, 2.45) is 5.92 Å². The second kappa shape index (κ2) is 11.3. The number of hydrogen-bond acceptors (Lipinski definition) is 1. The molecule has 0 aliphatic carbocycles. The number of hydrogen-bond donors (Lipinski definition) is 0. The van der Waals surface area contributed by atoms with Gasteiger partial charge >= 0.3 is 0 Å². The standard InChI is InChI=1S/C24H30O/c1-3-5-11-21(4-2)20-25-24-18-16-23(17-19-24)15-10-9-14-22-12-7-6-8-13-22/h6-10,12-19,21H,3-5,11,20H2,1-2H3/b14-9+,15-10+. The summed E-state index contributed by atoms with van der Waals surface area (Å²) in [6, 6.07) is 18.7. The molecule has 0 heterocycles. The Morgan fingerprint density at radius 1 is 0.840 bits per heavy atom. The van der Waals surface area contributed by atoms with Crippen molar-refractivity contribution in [2.45, 2.75) is 39.5 Å². The summed E-state index contributed by atoms with van der Waals surface area (Å²) in [4.78, 5) is 0. The Morgan fingerprint density at radius 2 is 1.48 bits per heavy atom. The maximum absolute atomic E-state index is 5.96. The highest BCUT2D eigenvalue weighted by molar-refractivity contribution is 5.57. The molecule has 0 fully saturated rings. The first-order valence-corrected chi connectivity index (χ1v) is 9.44. The van der Waals surface area contributed by atoms with E-state index in [1.165, 1.54) is 36.8 Å². The minimum absolute atomic E-state index is 0.669. The molecule has 2 rings (SSSR count). The molecule has 0 radical (unpaired) electrons. The van der Waals surface area contributed by atoms with Gasteiger partial charge in [0.05, 0.1) is 6.61 Å². The Morgan fingerprint density at radius 3 is 2.08 bits per heavy atom. The number of allylic oxidation sites excluding steroid dienone is 2. The molecule has 0 spiro atoms. The topological polar surface area (TPSA) is 9.23 Å². The van der Waals surface area contributed by atoms with Crippen LogP contribution < -0.4 is 4.74 Å². The summed E-state index contributed by atoms with van der Waals surface area (Å²) in [7, 11) is 0. The van der Waals surface area contributed by atoms with Crippen LogP contribution in [0.3, 0.4) is 0 Å². The molecule has 0 N–H and O–H groups in total. The van der Waals surface area contributed by atoms with Gasteiger partial charge in [-0.1, -0.05) is 99.9 Å². The smallest absolute Gasteiger partial charge is 0.119 e. The highest BCUT2D eigenvalue weighted by Crippen LogP contribution is 2.18. The third-order valence-electron chi connectivity index (χ3n) is 4.40. The van der Waals surface area contributed by atoms with E-state index >= 15 is 0 Å². The number of rotatable bonds is 10. The molecule has 1 heteroatoms. The normalized spacial score (nSPS) is 12.7. The lowest BCUT2D eigenvalue weighted by molar-refractivity contribution is 0.233. The van der Waals surface area contributed by atoms with Crippen molar-refractivity contribution in [2.75, 3.05) is 6.61 Å². The van der Waals surface area contributed by atoms with E-state index in [1.54, 1.807) is 0 Å². The van der Waals surface area contributed by atoms with E-state index < -0.39 is 0 Å². The maximum Gasteiger partial charge on any atom is 0.119 e. The van der Waals surface area contributed by atoms with Gasteiger partial charge in [-0.05, 0) is 35.6 Å². The summed E-state index contributed by atoms with van der Waals surface area (Å²) in [5.74, 6) is 1.63. The van der Waals surface area contributed by atoms with Crippen molar-refractivity contribution in [3.8, 4) is 5.75 Å². The molecule has 1 nitrogen and oxygen atoms in total. The van der Waals surface area contributed by atoms with Crippen molar-refractivity contribution in [3.63, 3.8) is 0 Å². The van der Waals surface area contributed by atoms with E-state index in [-0.39, 0.29) is 0 Å². The van der Waals surface area contributed by atoms with Gasteiger partial charge < -0.3 is 4.74 Å². The van der Waals surface area contributed by atoms with E-state index in [9.17, 15) is 0 Å². The largest absolute Gasteiger partial charge is 0.493 e. The zero-order chi connectivity index (χ0) is 17.7. The average Bonchev–Trinajstić information content (AvgIpc) is 2.67. The van der Waals surface area contributed by atoms with E-state index in [2.05, 4.69) is 74.5 Å². The van der Waals surface area contributed by atoms with Crippen molar-refractivity contribution in [1.29, 1.82) is 0 Å². The molecule has 0 aliphatic rings. The predicted octanol–water partition coefficient (Wildman–Crippen LogP) is 7.01. The zero-order valence-corrected chi connectivity index (χ0v) is 15.5. The van der Waals surface area contributed by atoms with Crippen LogP contribution in [0, 0.1) is 5.92 Å². The molecule has 2 aromatic rings. The van der Waals surface area contributed by atoms with Crippen LogP contribution in [0.25, 0.3) is 12.2 Å². The monoisotopic (exact) mass is 334 g/mol. The van der Waals surface area contributed by atoms with Gasteiger partial charge in [0.25, 0.3) is 0 Å². The first kappa shape index (κ1) is 19.1. The highest BCUT2D eigenvalue weighted by Gasteiger charge is 2.06. The molecular weight excluding hydrogens is 304 g/mol. The molecule has 0 saturated carbocycles. The first-order chi connectivity index (χ1) is 12.3. The van der Waals surface area contributed by atoms with Crippen molar-refractivity contribution in [3.05, 3.63) is 77.9 Å². The van der Waals surface area contributed by atoms with Crippen LogP contribution in [0.2, 0.25) is 0 Å². The quantitative estimate of drug-likeness (QED) is 0.425. The van der Waals surface area contributed by atoms with Crippen LogP contribution in [0.15, 0.2) is 66.7 Å². The maximum atomic E-state index is 5.96. The molecule has 1 atom stereocenters. The van der Waals surface area contributed by atoms with E-state index in [0.717, 1.165) is 12.4 Å². The van der Waals surface area contributed by atoms with Crippen LogP contribution >= 0.6 is 0 Å². The van der Waals surface area contributed by atoms with Gasteiger partial charge in [-0.3, -0.25) is 0 Å². The fraction of sp³-hybridized carbons (Fsp3) is 0.333. The minimum atomic E-state index is 0.669. The van der Waals surface area contributed by atoms with Crippen LogP contribution in [0.5, 0.6) is 5.75 Å². The predicted molar refractivity (Wildman–Crippen MR) is 110 cm³/mol. The molecule has 0 aliphatic heterocycles. The summed E-state index contributed by atoms with van der Waals surface area (Å²) < 4.78 is 5.96. The molecule has 1 unspecified atom stereocenters.